The minimum atomic E-state index is -0.966. The van der Waals surface area contributed by atoms with Crippen LogP contribution in [0.4, 0.5) is 5.13 Å². The van der Waals surface area contributed by atoms with E-state index in [2.05, 4.69) is 43.7 Å². The fourth-order valence-electron chi connectivity index (χ4n) is 4.91. The van der Waals surface area contributed by atoms with Gasteiger partial charge in [0, 0.05) is 72.7 Å². The van der Waals surface area contributed by atoms with Crippen molar-refractivity contribution in [2.75, 3.05) is 31.1 Å². The van der Waals surface area contributed by atoms with Crippen LogP contribution in [0.15, 0.2) is 84.5 Å². The average Bonchev–Trinajstić information content (AvgIpc) is 3.65. The zero-order valence-corrected chi connectivity index (χ0v) is 21.5. The fraction of sp³-hybridized carbons (Fsp3) is 0.161. The topological polar surface area (TPSA) is 72.5 Å². The molecule has 1 aliphatic rings. The maximum Gasteiger partial charge on any atom is 0.336 e. The first kappa shape index (κ1) is 24.0. The number of nitrogens with zero attached hydrogens (tertiary/aromatic N) is 3. The lowest BCUT2D eigenvalue weighted by Crippen LogP contribution is -2.45. The van der Waals surface area contributed by atoms with E-state index in [1.807, 2.05) is 60.2 Å². The van der Waals surface area contributed by atoms with Crippen LogP contribution in [-0.4, -0.2) is 52.1 Å². The Morgan fingerprint density at radius 2 is 1.84 bits per heavy atom. The van der Waals surface area contributed by atoms with Gasteiger partial charge >= 0.3 is 5.97 Å². The van der Waals surface area contributed by atoms with Crippen molar-refractivity contribution in [3.8, 4) is 23.0 Å². The van der Waals surface area contributed by atoms with E-state index in [1.54, 1.807) is 23.5 Å². The van der Waals surface area contributed by atoms with Gasteiger partial charge in [0.05, 0.1) is 5.56 Å². The minimum Gasteiger partial charge on any atom is -0.478 e. The summed E-state index contributed by atoms with van der Waals surface area (Å²) in [5, 5.41) is 14.1. The quantitative estimate of drug-likeness (QED) is 0.292. The van der Waals surface area contributed by atoms with Gasteiger partial charge in [-0.3, -0.25) is 4.90 Å². The highest BCUT2D eigenvalue weighted by atomic mass is 32.1. The lowest BCUT2D eigenvalue weighted by molar-refractivity contribution is 0.0697. The summed E-state index contributed by atoms with van der Waals surface area (Å²) in [5.74, 6) is 5.52. The van der Waals surface area contributed by atoms with Gasteiger partial charge in [0.2, 0.25) is 0 Å². The van der Waals surface area contributed by atoms with Gasteiger partial charge in [0.15, 0.2) is 5.13 Å². The van der Waals surface area contributed by atoms with Gasteiger partial charge in [0.25, 0.3) is 0 Å². The molecular weight excluding hydrogens is 492 g/mol. The van der Waals surface area contributed by atoms with Crippen molar-refractivity contribution < 1.29 is 9.90 Å². The number of benzene rings is 3. The van der Waals surface area contributed by atoms with Gasteiger partial charge in [-0.2, -0.15) is 0 Å². The van der Waals surface area contributed by atoms with Gasteiger partial charge in [-0.05, 0) is 52.9 Å². The summed E-state index contributed by atoms with van der Waals surface area (Å²) in [7, 11) is 0. The molecule has 6 rings (SSSR count). The molecule has 0 unspecified atom stereocenters. The molecule has 3 aromatic carbocycles. The molecule has 3 heterocycles. The molecule has 0 aliphatic carbocycles. The molecule has 1 aliphatic heterocycles. The molecule has 0 spiro atoms. The normalized spacial score (nSPS) is 13.8. The predicted octanol–water partition coefficient (Wildman–Crippen LogP) is 5.71. The van der Waals surface area contributed by atoms with Crippen LogP contribution in [0.3, 0.4) is 0 Å². The number of carboxylic acid groups (broad SMARTS) is 1. The van der Waals surface area contributed by atoms with Crippen LogP contribution in [0.2, 0.25) is 0 Å². The summed E-state index contributed by atoms with van der Waals surface area (Å²) in [5.41, 5.74) is 5.51. The molecule has 1 fully saturated rings. The number of carbonyl (C=O) groups is 1. The molecule has 6 nitrogen and oxygen atoms in total. The fourth-order valence-corrected chi connectivity index (χ4v) is 5.61. The molecule has 2 aromatic heterocycles. The zero-order valence-electron chi connectivity index (χ0n) is 20.7. The van der Waals surface area contributed by atoms with Crippen molar-refractivity contribution in [2.24, 2.45) is 0 Å². The number of nitrogens with one attached hydrogen (secondary N) is 1. The summed E-state index contributed by atoms with van der Waals surface area (Å²) in [6.07, 6.45) is 3.74. The Kier molecular flexibility index (Phi) is 6.65. The number of anilines is 1. The van der Waals surface area contributed by atoms with E-state index in [0.717, 1.165) is 59.9 Å². The van der Waals surface area contributed by atoms with Crippen molar-refractivity contribution in [3.05, 3.63) is 107 Å². The highest BCUT2D eigenvalue weighted by molar-refractivity contribution is 7.13. The molecule has 2 N–H and O–H groups in total. The van der Waals surface area contributed by atoms with Crippen molar-refractivity contribution in [1.29, 1.82) is 0 Å². The third-order valence-electron chi connectivity index (χ3n) is 6.90. The SMILES string of the molecule is O=C(O)c1cccc(C#Cc2ccc(CN3CCN(c4nccs4)CC3)cc2)c1-c1ccc2cc[nH]c2c1. The smallest absolute Gasteiger partial charge is 0.336 e. The number of aromatic amines is 1. The van der Waals surface area contributed by atoms with Gasteiger partial charge in [-0.1, -0.05) is 42.2 Å². The first-order chi connectivity index (χ1) is 18.6. The van der Waals surface area contributed by atoms with Crippen LogP contribution < -0.4 is 4.90 Å². The first-order valence-electron chi connectivity index (χ1n) is 12.6. The van der Waals surface area contributed by atoms with E-state index < -0.39 is 5.97 Å². The number of fused-ring (bicyclic) bond motifs is 1. The third-order valence-corrected chi connectivity index (χ3v) is 7.73. The molecule has 38 heavy (non-hydrogen) atoms. The van der Waals surface area contributed by atoms with Crippen molar-refractivity contribution >= 4 is 33.3 Å². The number of carboxylic acids is 1. The van der Waals surface area contributed by atoms with Crippen molar-refractivity contribution in [2.45, 2.75) is 6.54 Å². The molecule has 1 saturated heterocycles. The highest BCUT2D eigenvalue weighted by Crippen LogP contribution is 2.30. The van der Waals surface area contributed by atoms with E-state index in [0.29, 0.717) is 11.1 Å². The van der Waals surface area contributed by atoms with Gasteiger partial charge in [-0.15, -0.1) is 11.3 Å². The Bertz CT molecular complexity index is 1640. The van der Waals surface area contributed by atoms with Crippen LogP contribution in [0.5, 0.6) is 0 Å². The number of hydrogen-bond donors (Lipinski definition) is 2. The summed E-state index contributed by atoms with van der Waals surface area (Å²) < 4.78 is 0. The molecule has 0 radical (unpaired) electrons. The second-order valence-electron chi connectivity index (χ2n) is 9.34. The zero-order chi connectivity index (χ0) is 25.9. The summed E-state index contributed by atoms with van der Waals surface area (Å²) in [4.78, 5) is 24.5. The maximum absolute atomic E-state index is 12.0. The second-order valence-corrected chi connectivity index (χ2v) is 10.2. The number of thiazole rings is 1. The van der Waals surface area contributed by atoms with Gasteiger partial charge in [-0.25, -0.2) is 9.78 Å². The molecule has 0 saturated carbocycles. The Balaban J connectivity index is 1.19. The average molecular weight is 519 g/mol. The summed E-state index contributed by atoms with van der Waals surface area (Å²) in [6.45, 7) is 4.92. The van der Waals surface area contributed by atoms with Crippen LogP contribution in [0.25, 0.3) is 22.0 Å². The number of H-pyrrole nitrogens is 1. The monoisotopic (exact) mass is 518 g/mol. The Morgan fingerprint density at radius 1 is 1.00 bits per heavy atom. The van der Waals surface area contributed by atoms with Crippen LogP contribution in [0, 0.1) is 11.8 Å². The molecule has 7 heteroatoms. The largest absolute Gasteiger partial charge is 0.478 e. The molecule has 0 amide bonds. The minimum absolute atomic E-state index is 0.244. The van der Waals surface area contributed by atoms with Crippen LogP contribution >= 0.6 is 11.3 Å². The lowest BCUT2D eigenvalue weighted by atomic mass is 9.93. The third kappa shape index (κ3) is 5.05. The number of aromatic nitrogens is 2. The van der Waals surface area contributed by atoms with Crippen molar-refractivity contribution in [3.63, 3.8) is 0 Å². The van der Waals surface area contributed by atoms with Crippen LogP contribution in [0.1, 0.15) is 27.0 Å². The van der Waals surface area contributed by atoms with Gasteiger partial charge in [0.1, 0.15) is 0 Å². The van der Waals surface area contributed by atoms with Crippen molar-refractivity contribution in [1.82, 2.24) is 14.9 Å². The number of hydrogen-bond acceptors (Lipinski definition) is 5. The first-order valence-corrected chi connectivity index (χ1v) is 13.4. The summed E-state index contributed by atoms with van der Waals surface area (Å²) >= 11 is 1.69. The number of piperazine rings is 1. The molecule has 188 valence electrons. The second kappa shape index (κ2) is 10.5. The Hall–Kier alpha value is -4.38. The predicted molar refractivity (Wildman–Crippen MR) is 153 cm³/mol. The van der Waals surface area contributed by atoms with Gasteiger partial charge < -0.3 is 15.0 Å². The van der Waals surface area contributed by atoms with Crippen LogP contribution in [-0.2, 0) is 6.54 Å². The molecule has 0 atom stereocenters. The van der Waals surface area contributed by atoms with E-state index in [-0.39, 0.29) is 5.56 Å². The molecular formula is C31H26N4O2S. The molecule has 5 aromatic rings. The van der Waals surface area contributed by atoms with E-state index in [4.69, 9.17) is 0 Å². The van der Waals surface area contributed by atoms with E-state index >= 15 is 0 Å². The van der Waals surface area contributed by atoms with E-state index in [9.17, 15) is 9.90 Å². The number of rotatable bonds is 5. The highest BCUT2D eigenvalue weighted by Gasteiger charge is 2.19. The lowest BCUT2D eigenvalue weighted by Gasteiger charge is -2.34. The maximum atomic E-state index is 12.0. The Morgan fingerprint density at radius 3 is 2.61 bits per heavy atom. The summed E-state index contributed by atoms with van der Waals surface area (Å²) in [6, 6.07) is 21.5. The molecule has 0 bridgehead atoms. The number of aromatic carboxylic acids is 1. The van der Waals surface area contributed by atoms with E-state index in [1.165, 1.54) is 5.56 Å². The standard InChI is InChI=1S/C31H26N4O2S/c36-30(37)27-3-1-2-25(29(27)26-11-10-24-12-13-32-28(24)20-26)9-8-22-4-6-23(7-5-22)21-34-15-17-35(18-16-34)31-33-14-19-38-31/h1-7,10-14,19-20,32H,15-18,21H2,(H,36,37). The Labute approximate surface area is 225 Å².